The molecule has 228 valence electrons. The molecule has 1 saturated heterocycles. The first-order valence-corrected chi connectivity index (χ1v) is 16.1. The van der Waals surface area contributed by atoms with Crippen LogP contribution >= 0.6 is 23.8 Å². The molecule has 2 aliphatic heterocycles. The van der Waals surface area contributed by atoms with E-state index >= 15 is 0 Å². The van der Waals surface area contributed by atoms with Crippen molar-refractivity contribution in [1.29, 1.82) is 0 Å². The number of rotatable bonds is 9. The van der Waals surface area contributed by atoms with Crippen molar-refractivity contribution in [3.05, 3.63) is 82.8 Å². The molecule has 3 aromatic heterocycles. The Labute approximate surface area is 266 Å². The Morgan fingerprint density at radius 2 is 2.07 bits per heavy atom. The minimum absolute atomic E-state index is 0.285. The summed E-state index contributed by atoms with van der Waals surface area (Å²) in [6, 6.07) is 10.3. The number of H-pyrrole nitrogens is 1. The summed E-state index contributed by atoms with van der Waals surface area (Å²) in [5.74, 6) is 1.37. The zero-order chi connectivity index (χ0) is 30.4. The number of thiocarbonyl (C=S) groups is 1. The fourth-order valence-electron chi connectivity index (χ4n) is 6.71. The molecule has 0 amide bonds. The van der Waals surface area contributed by atoms with Crippen LogP contribution < -0.4 is 5.32 Å². The van der Waals surface area contributed by atoms with Crippen LogP contribution in [0.1, 0.15) is 48.3 Å². The lowest BCUT2D eigenvalue weighted by Crippen LogP contribution is -2.27. The summed E-state index contributed by atoms with van der Waals surface area (Å²) in [7, 11) is 0. The van der Waals surface area contributed by atoms with Crippen molar-refractivity contribution in [1.82, 2.24) is 34.2 Å². The Balaban J connectivity index is 1.19. The number of aromatic nitrogens is 6. The number of imidazole rings is 2. The smallest absolute Gasteiger partial charge is 0.205 e. The molecule has 44 heavy (non-hydrogen) atoms. The van der Waals surface area contributed by atoms with Crippen LogP contribution in [0.25, 0.3) is 22.0 Å². The molecule has 8 nitrogen and oxygen atoms in total. The van der Waals surface area contributed by atoms with Crippen molar-refractivity contribution in [3.8, 4) is 11.1 Å². The first-order chi connectivity index (χ1) is 21.4. The van der Waals surface area contributed by atoms with Gasteiger partial charge < -0.3 is 19.8 Å². The van der Waals surface area contributed by atoms with E-state index in [9.17, 15) is 4.39 Å². The number of benzene rings is 2. The van der Waals surface area contributed by atoms with Crippen LogP contribution in [0.5, 0.6) is 0 Å². The average Bonchev–Trinajstić information content (AvgIpc) is 3.85. The van der Waals surface area contributed by atoms with E-state index in [0.717, 1.165) is 52.2 Å². The van der Waals surface area contributed by atoms with Crippen LogP contribution in [0.4, 0.5) is 10.3 Å². The maximum absolute atomic E-state index is 14.4. The number of aryl methyl sites for hydroxylation is 1. The molecule has 0 aliphatic carbocycles. The number of hydrogen-bond donors (Lipinski definition) is 2. The fourth-order valence-corrected chi connectivity index (χ4v) is 7.27. The number of likely N-dealkylation sites (tertiary alicyclic amines) is 1. The van der Waals surface area contributed by atoms with E-state index in [4.69, 9.17) is 28.9 Å². The molecule has 2 N–H and O–H groups in total. The quantitative estimate of drug-likeness (QED) is 0.175. The molecule has 1 fully saturated rings. The summed E-state index contributed by atoms with van der Waals surface area (Å²) >= 11 is 12.8. The molecule has 0 saturated carbocycles. The van der Waals surface area contributed by atoms with Gasteiger partial charge in [0.2, 0.25) is 5.95 Å². The average molecular weight is 631 g/mol. The van der Waals surface area contributed by atoms with Gasteiger partial charge in [-0.2, -0.15) is 5.10 Å². The highest BCUT2D eigenvalue weighted by Gasteiger charge is 2.33. The second-order valence-electron chi connectivity index (χ2n) is 12.1. The van der Waals surface area contributed by atoms with Gasteiger partial charge in [-0.25, -0.2) is 14.4 Å². The highest BCUT2D eigenvalue weighted by Crippen LogP contribution is 2.37. The van der Waals surface area contributed by atoms with Gasteiger partial charge in [0.15, 0.2) is 0 Å². The summed E-state index contributed by atoms with van der Waals surface area (Å²) in [6.07, 6.45) is 9.94. The third kappa shape index (κ3) is 5.55. The predicted octanol–water partition coefficient (Wildman–Crippen LogP) is 6.78. The van der Waals surface area contributed by atoms with Gasteiger partial charge in [0.25, 0.3) is 0 Å². The Bertz CT molecular complexity index is 1790. The molecule has 3 atom stereocenters. The van der Waals surface area contributed by atoms with Crippen molar-refractivity contribution < 1.29 is 4.39 Å². The molecule has 0 spiro atoms. The van der Waals surface area contributed by atoms with Crippen molar-refractivity contribution >= 4 is 45.7 Å². The zero-order valence-corrected chi connectivity index (χ0v) is 26.5. The van der Waals surface area contributed by atoms with Crippen molar-refractivity contribution in [2.45, 2.75) is 58.3 Å². The highest BCUT2D eigenvalue weighted by atomic mass is 35.5. The van der Waals surface area contributed by atoms with Crippen LogP contribution in [0.2, 0.25) is 5.02 Å². The third-order valence-corrected chi connectivity index (χ3v) is 9.89. The summed E-state index contributed by atoms with van der Waals surface area (Å²) in [4.78, 5) is 15.0. The predicted molar refractivity (Wildman–Crippen MR) is 177 cm³/mol. The third-order valence-electron chi connectivity index (χ3n) is 9.25. The van der Waals surface area contributed by atoms with Gasteiger partial charge in [-0.05, 0) is 60.5 Å². The molecule has 2 aromatic carbocycles. The minimum atomic E-state index is -0.949. The molecule has 7 rings (SSSR count). The molecular weight excluding hydrogens is 595 g/mol. The Morgan fingerprint density at radius 1 is 1.23 bits per heavy atom. The largest absolute Gasteiger partial charge is 0.331 e. The topological polar surface area (TPSA) is 79.6 Å². The first-order valence-electron chi connectivity index (χ1n) is 15.4. The number of aromatic amines is 1. The van der Waals surface area contributed by atoms with Crippen LogP contribution in [-0.2, 0) is 19.4 Å². The van der Waals surface area contributed by atoms with Gasteiger partial charge in [0, 0.05) is 49.2 Å². The highest BCUT2D eigenvalue weighted by molar-refractivity contribution is 7.80. The van der Waals surface area contributed by atoms with Gasteiger partial charge in [-0.1, -0.05) is 61.4 Å². The number of nitrogens with one attached hydrogen (secondary N) is 2. The van der Waals surface area contributed by atoms with Gasteiger partial charge in [-0.15, -0.1) is 0 Å². The van der Waals surface area contributed by atoms with E-state index < -0.39 is 12.2 Å². The molecular formula is C33H36ClFN8S. The summed E-state index contributed by atoms with van der Waals surface area (Å²) in [6.45, 7) is 8.21. The summed E-state index contributed by atoms with van der Waals surface area (Å²) in [5, 5.41) is 9.66. The van der Waals surface area contributed by atoms with Crippen molar-refractivity contribution in [2.24, 2.45) is 5.92 Å². The number of halogens is 2. The lowest BCUT2D eigenvalue weighted by Gasteiger charge is -2.19. The zero-order valence-electron chi connectivity index (χ0n) is 24.9. The van der Waals surface area contributed by atoms with Gasteiger partial charge >= 0.3 is 0 Å². The lowest BCUT2D eigenvalue weighted by atomic mass is 9.97. The number of fused-ring (bicyclic) bond motifs is 2. The number of alkyl halides is 1. The number of hydrogen-bond acceptors (Lipinski definition) is 5. The Kier molecular flexibility index (Phi) is 7.99. The van der Waals surface area contributed by atoms with Crippen LogP contribution in [0, 0.1) is 12.8 Å². The van der Waals surface area contributed by atoms with Gasteiger partial charge in [0.05, 0.1) is 29.1 Å². The Hall–Kier alpha value is -3.60. The van der Waals surface area contributed by atoms with E-state index in [2.05, 4.69) is 63.3 Å². The van der Waals surface area contributed by atoms with E-state index in [1.54, 1.807) is 23.4 Å². The summed E-state index contributed by atoms with van der Waals surface area (Å²) < 4.78 is 18.0. The number of nitrogens with zero attached hydrogens (tertiary/aromatic N) is 6. The van der Waals surface area contributed by atoms with Crippen molar-refractivity contribution in [3.63, 3.8) is 0 Å². The SMILES string of the molecule is CCC1CCN(CCc2ccc(-c3cc(Cl)c4cn(C(C(=S)Nc5ncc[nH]5)c5ncn6c5C[C@@H](F)C6)nc4c3C)cc2)C1. The monoisotopic (exact) mass is 630 g/mol. The molecule has 0 bridgehead atoms. The van der Waals surface area contributed by atoms with E-state index in [0.29, 0.717) is 28.2 Å². The summed E-state index contributed by atoms with van der Waals surface area (Å²) in [5.41, 5.74) is 6.80. The molecule has 5 aromatic rings. The second kappa shape index (κ2) is 12.1. The molecule has 2 aliphatic rings. The van der Waals surface area contributed by atoms with Gasteiger partial charge in [-0.3, -0.25) is 4.68 Å². The first kappa shape index (κ1) is 29.1. The maximum atomic E-state index is 14.4. The standard InChI is InChI=1S/C33H36ClFN8S/c1-3-21-8-12-41(16-21)13-9-22-4-6-23(7-5-22)25-15-27(34)26-18-43(40-29(26)20(25)2)31(32(44)39-33-36-10-11-37-33)30-28-14-24(35)17-42(28)19-38-30/h4-7,10-11,15,18-19,21,24,31H,3,8-9,12-14,16-17H2,1-2H3,(H2,36,37,39,44)/t21?,24-,31?/m1/s1. The van der Waals surface area contributed by atoms with Crippen LogP contribution in [0.15, 0.2) is 55.2 Å². The van der Waals surface area contributed by atoms with Crippen molar-refractivity contribution in [2.75, 3.05) is 25.0 Å². The number of anilines is 1. The Morgan fingerprint density at radius 3 is 2.82 bits per heavy atom. The van der Waals surface area contributed by atoms with Gasteiger partial charge in [0.1, 0.15) is 17.2 Å². The van der Waals surface area contributed by atoms with Crippen LogP contribution in [-0.4, -0.2) is 65.0 Å². The fraction of sp³-hybridized carbons (Fsp3) is 0.394. The lowest BCUT2D eigenvalue weighted by molar-refractivity contribution is 0.327. The molecule has 5 heterocycles. The maximum Gasteiger partial charge on any atom is 0.205 e. The van der Waals surface area contributed by atoms with E-state index in [1.807, 2.05) is 16.8 Å². The second-order valence-corrected chi connectivity index (χ2v) is 12.9. The molecule has 2 unspecified atom stereocenters. The molecule has 0 radical (unpaired) electrons. The normalized spacial score (nSPS) is 19.1. The van der Waals surface area contributed by atoms with E-state index in [-0.39, 0.29) is 6.42 Å². The van der Waals surface area contributed by atoms with E-state index in [1.165, 1.54) is 31.5 Å². The van der Waals surface area contributed by atoms with Crippen LogP contribution in [0.3, 0.4) is 0 Å². The molecule has 11 heteroatoms. The minimum Gasteiger partial charge on any atom is -0.331 e.